The number of hydrogen-bond donors (Lipinski definition) is 1. The van der Waals surface area contributed by atoms with Gasteiger partial charge in [-0.2, -0.15) is 0 Å². The molecule has 100 valence electrons. The summed E-state index contributed by atoms with van der Waals surface area (Å²) < 4.78 is 23.6. The minimum atomic E-state index is -3.84. The summed E-state index contributed by atoms with van der Waals surface area (Å²) in [4.78, 5) is 13.8. The smallest absolute Gasteiger partial charge is 0.269 e. The molecular weight excluding hydrogens is 272 g/mol. The van der Waals surface area contributed by atoms with Gasteiger partial charge >= 0.3 is 0 Å². The van der Waals surface area contributed by atoms with E-state index >= 15 is 0 Å². The number of non-ortho nitro benzene ring substituents is 1. The average molecular weight is 282 g/mol. The second kappa shape index (κ2) is 4.78. The first-order chi connectivity index (χ1) is 8.86. The highest BCUT2D eigenvalue weighted by Crippen LogP contribution is 2.14. The molecule has 0 aliphatic carbocycles. The summed E-state index contributed by atoms with van der Waals surface area (Å²) in [6, 6.07) is 6.05. The van der Waals surface area contributed by atoms with E-state index in [0.29, 0.717) is 5.56 Å². The van der Waals surface area contributed by atoms with Gasteiger partial charge in [-0.25, -0.2) is 18.5 Å². The third-order valence-electron chi connectivity index (χ3n) is 2.39. The average Bonchev–Trinajstić information content (AvgIpc) is 2.77. The van der Waals surface area contributed by atoms with Crippen LogP contribution in [0.25, 0.3) is 0 Å². The summed E-state index contributed by atoms with van der Waals surface area (Å²) in [6.45, 7) is 0.268. The molecule has 0 aliphatic heterocycles. The maximum atomic E-state index is 11.1. The van der Waals surface area contributed by atoms with Crippen LogP contribution in [0.1, 0.15) is 5.56 Å². The zero-order chi connectivity index (χ0) is 14.0. The maximum absolute atomic E-state index is 11.1. The van der Waals surface area contributed by atoms with Crippen LogP contribution in [0.3, 0.4) is 0 Å². The summed E-state index contributed by atoms with van der Waals surface area (Å²) in [5.41, 5.74) is 0.636. The number of sulfonamides is 1. The van der Waals surface area contributed by atoms with Gasteiger partial charge in [-0.1, -0.05) is 12.1 Å². The highest BCUT2D eigenvalue weighted by atomic mass is 32.2. The molecule has 0 saturated heterocycles. The van der Waals surface area contributed by atoms with E-state index in [-0.39, 0.29) is 17.3 Å². The van der Waals surface area contributed by atoms with Gasteiger partial charge in [0.15, 0.2) is 5.03 Å². The van der Waals surface area contributed by atoms with E-state index < -0.39 is 14.9 Å². The Morgan fingerprint density at radius 2 is 2.16 bits per heavy atom. The van der Waals surface area contributed by atoms with Gasteiger partial charge in [0.2, 0.25) is 0 Å². The molecule has 0 spiro atoms. The fraction of sp³-hybridized carbons (Fsp3) is 0.100. The number of nitrogens with zero attached hydrogens (tertiary/aromatic N) is 3. The van der Waals surface area contributed by atoms with Crippen molar-refractivity contribution in [1.82, 2.24) is 9.55 Å². The fourth-order valence-corrected chi connectivity index (χ4v) is 2.03. The summed E-state index contributed by atoms with van der Waals surface area (Å²) >= 11 is 0. The van der Waals surface area contributed by atoms with Crippen molar-refractivity contribution in [3.8, 4) is 0 Å². The number of rotatable bonds is 4. The molecule has 19 heavy (non-hydrogen) atoms. The van der Waals surface area contributed by atoms with Crippen LogP contribution in [0, 0.1) is 10.1 Å². The molecule has 0 fully saturated rings. The zero-order valence-corrected chi connectivity index (χ0v) is 10.4. The summed E-state index contributed by atoms with van der Waals surface area (Å²) in [7, 11) is -3.84. The summed E-state index contributed by atoms with van der Waals surface area (Å²) in [5.74, 6) is 0. The topological polar surface area (TPSA) is 121 Å². The number of nitro benzene ring substituents is 1. The first kappa shape index (κ1) is 13.2. The van der Waals surface area contributed by atoms with E-state index in [1.165, 1.54) is 29.2 Å². The standard InChI is InChI=1S/C10H10N4O4S/c11-19(17,18)10-6-13(7-12-10)5-8-2-1-3-9(4-8)14(15)16/h1-4,6-7H,5H2,(H2,11,17,18). The van der Waals surface area contributed by atoms with E-state index in [1.807, 2.05) is 0 Å². The van der Waals surface area contributed by atoms with Crippen LogP contribution >= 0.6 is 0 Å². The van der Waals surface area contributed by atoms with Gasteiger partial charge < -0.3 is 4.57 Å². The number of nitrogens with two attached hydrogens (primary N) is 1. The molecule has 0 atom stereocenters. The van der Waals surface area contributed by atoms with Crippen molar-refractivity contribution in [2.24, 2.45) is 5.14 Å². The minimum absolute atomic E-state index is 0.0238. The highest BCUT2D eigenvalue weighted by molar-refractivity contribution is 7.89. The van der Waals surface area contributed by atoms with Crippen LogP contribution in [0.15, 0.2) is 41.8 Å². The van der Waals surface area contributed by atoms with Gasteiger partial charge in [0, 0.05) is 24.9 Å². The monoisotopic (exact) mass is 282 g/mol. The predicted molar refractivity (Wildman–Crippen MR) is 65.8 cm³/mol. The molecule has 0 unspecified atom stereocenters. The Labute approximate surface area is 108 Å². The van der Waals surface area contributed by atoms with Crippen molar-refractivity contribution >= 4 is 15.7 Å². The van der Waals surface area contributed by atoms with Crippen molar-refractivity contribution in [1.29, 1.82) is 0 Å². The Bertz CT molecular complexity index is 723. The number of benzene rings is 1. The largest absolute Gasteiger partial charge is 0.332 e. The molecule has 1 heterocycles. The van der Waals surface area contributed by atoms with Crippen molar-refractivity contribution in [2.45, 2.75) is 11.6 Å². The number of primary sulfonamides is 1. The van der Waals surface area contributed by atoms with Crippen molar-refractivity contribution in [3.05, 3.63) is 52.5 Å². The molecule has 0 bridgehead atoms. The van der Waals surface area contributed by atoms with E-state index in [1.54, 1.807) is 12.1 Å². The second-order valence-corrected chi connectivity index (χ2v) is 5.36. The third-order valence-corrected chi connectivity index (χ3v) is 3.18. The quantitative estimate of drug-likeness (QED) is 0.646. The van der Waals surface area contributed by atoms with E-state index in [2.05, 4.69) is 4.98 Å². The van der Waals surface area contributed by atoms with Crippen LogP contribution in [0.4, 0.5) is 5.69 Å². The van der Waals surface area contributed by atoms with Crippen molar-refractivity contribution in [3.63, 3.8) is 0 Å². The van der Waals surface area contributed by atoms with Gasteiger partial charge in [-0.15, -0.1) is 0 Å². The Morgan fingerprint density at radius 1 is 1.42 bits per heavy atom. The lowest BCUT2D eigenvalue weighted by Gasteiger charge is -2.01. The highest BCUT2D eigenvalue weighted by Gasteiger charge is 2.12. The van der Waals surface area contributed by atoms with E-state index in [9.17, 15) is 18.5 Å². The zero-order valence-electron chi connectivity index (χ0n) is 9.63. The lowest BCUT2D eigenvalue weighted by atomic mass is 10.2. The third kappa shape index (κ3) is 3.14. The van der Waals surface area contributed by atoms with Crippen LogP contribution < -0.4 is 5.14 Å². The minimum Gasteiger partial charge on any atom is -0.332 e. The van der Waals surface area contributed by atoms with Crippen molar-refractivity contribution < 1.29 is 13.3 Å². The van der Waals surface area contributed by atoms with Gasteiger partial charge in [-0.3, -0.25) is 10.1 Å². The number of imidazole rings is 1. The lowest BCUT2D eigenvalue weighted by molar-refractivity contribution is -0.384. The number of aromatic nitrogens is 2. The molecule has 0 saturated carbocycles. The van der Waals surface area contributed by atoms with Gasteiger partial charge in [0.25, 0.3) is 15.7 Å². The van der Waals surface area contributed by atoms with Crippen LogP contribution in [-0.2, 0) is 16.6 Å². The van der Waals surface area contributed by atoms with E-state index in [4.69, 9.17) is 5.14 Å². The molecule has 1 aromatic heterocycles. The summed E-state index contributed by atoms with van der Waals surface area (Å²) in [6.07, 6.45) is 2.58. The maximum Gasteiger partial charge on any atom is 0.269 e. The first-order valence-corrected chi connectivity index (χ1v) is 6.69. The molecule has 9 heteroatoms. The molecule has 2 rings (SSSR count). The van der Waals surface area contributed by atoms with Gasteiger partial charge in [0.1, 0.15) is 0 Å². The lowest BCUT2D eigenvalue weighted by Crippen LogP contribution is -2.12. The molecule has 0 amide bonds. The fourth-order valence-electron chi connectivity index (χ4n) is 1.55. The predicted octanol–water partition coefficient (Wildman–Crippen LogP) is 0.487. The van der Waals surface area contributed by atoms with Crippen molar-refractivity contribution in [2.75, 3.05) is 0 Å². The van der Waals surface area contributed by atoms with Gasteiger partial charge in [-0.05, 0) is 5.56 Å². The Morgan fingerprint density at radius 3 is 2.74 bits per heavy atom. The number of hydrogen-bond acceptors (Lipinski definition) is 5. The Hall–Kier alpha value is -2.26. The molecule has 1 aromatic carbocycles. The molecule has 2 N–H and O–H groups in total. The Kier molecular flexibility index (Phi) is 3.32. The Balaban J connectivity index is 2.24. The number of nitro groups is 1. The molecule has 0 aliphatic rings. The van der Waals surface area contributed by atoms with E-state index in [0.717, 1.165) is 0 Å². The molecular formula is C10H10N4O4S. The van der Waals surface area contributed by atoms with Gasteiger partial charge in [0.05, 0.1) is 11.3 Å². The van der Waals surface area contributed by atoms with Crippen LogP contribution in [0.2, 0.25) is 0 Å². The first-order valence-electron chi connectivity index (χ1n) is 5.14. The molecule has 8 nitrogen and oxygen atoms in total. The summed E-state index contributed by atoms with van der Waals surface area (Å²) in [5, 5.41) is 15.3. The second-order valence-electron chi connectivity index (χ2n) is 3.86. The molecule has 0 radical (unpaired) electrons. The SMILES string of the molecule is NS(=O)(=O)c1cn(Cc2cccc([N+](=O)[O-])c2)cn1. The molecule has 2 aromatic rings. The normalized spacial score (nSPS) is 11.4. The van der Waals surface area contributed by atoms with Crippen LogP contribution in [-0.4, -0.2) is 22.9 Å². The van der Waals surface area contributed by atoms with Crippen LogP contribution in [0.5, 0.6) is 0 Å².